The van der Waals surface area contributed by atoms with Crippen LogP contribution >= 0.6 is 15.9 Å². The van der Waals surface area contributed by atoms with Crippen LogP contribution in [0.2, 0.25) is 0 Å². The Balaban J connectivity index is 1.62. The van der Waals surface area contributed by atoms with Crippen molar-refractivity contribution in [3.8, 4) is 0 Å². The van der Waals surface area contributed by atoms with E-state index in [0.29, 0.717) is 18.7 Å². The first-order valence-electron chi connectivity index (χ1n) is 8.73. The molecule has 0 saturated carbocycles. The molecule has 0 radical (unpaired) electrons. The molecule has 1 N–H and O–H groups in total. The molecule has 10 heteroatoms. The van der Waals surface area contributed by atoms with E-state index in [9.17, 15) is 26.3 Å². The smallest absolute Gasteiger partial charge is 0.308 e. The van der Waals surface area contributed by atoms with Gasteiger partial charge in [0.15, 0.2) is 0 Å². The van der Waals surface area contributed by atoms with Crippen LogP contribution in [0.3, 0.4) is 0 Å². The molecule has 1 aliphatic rings. The maximum absolute atomic E-state index is 12.8. The van der Waals surface area contributed by atoms with Crippen molar-refractivity contribution < 1.29 is 26.3 Å². The molecule has 3 rings (SSSR count). The van der Waals surface area contributed by atoms with Gasteiger partial charge in [-0.3, -0.25) is 0 Å². The van der Waals surface area contributed by atoms with Crippen LogP contribution in [0, 0.1) is 0 Å². The average molecular weight is 480 g/mol. The second-order valence-electron chi connectivity index (χ2n) is 6.62. The van der Waals surface area contributed by atoms with Gasteiger partial charge in [-0.2, -0.15) is 36.6 Å². The van der Waals surface area contributed by atoms with Crippen molar-refractivity contribution in [3.63, 3.8) is 0 Å². The first-order valence-corrected chi connectivity index (χ1v) is 9.52. The summed E-state index contributed by atoms with van der Waals surface area (Å²) in [4.78, 5) is 0. The van der Waals surface area contributed by atoms with Gasteiger partial charge in [0.25, 0.3) is 0 Å². The van der Waals surface area contributed by atoms with E-state index in [2.05, 4.69) is 37.5 Å². The summed E-state index contributed by atoms with van der Waals surface area (Å²) in [6.07, 6.45) is -7.97. The van der Waals surface area contributed by atoms with Crippen LogP contribution in [0.5, 0.6) is 0 Å². The van der Waals surface area contributed by atoms with Gasteiger partial charge in [0.05, 0.1) is 23.4 Å². The number of nitrogens with one attached hydrogen (secondary N) is 1. The molecule has 0 heterocycles. The van der Waals surface area contributed by atoms with Crippen molar-refractivity contribution in [2.45, 2.75) is 31.2 Å². The number of benzene rings is 2. The predicted molar refractivity (Wildman–Crippen MR) is 99.0 cm³/mol. The van der Waals surface area contributed by atoms with E-state index in [0.717, 1.165) is 17.3 Å². The molecule has 1 aliphatic carbocycles. The van der Waals surface area contributed by atoms with Crippen LogP contribution in [0.4, 0.5) is 32.0 Å². The summed E-state index contributed by atoms with van der Waals surface area (Å²) in [5.74, 6) is 0. The van der Waals surface area contributed by atoms with Gasteiger partial charge in [-0.25, -0.2) is 0 Å². The van der Waals surface area contributed by atoms with Gasteiger partial charge in [-0.05, 0) is 54.3 Å². The quantitative estimate of drug-likeness (QED) is 0.284. The number of halogens is 7. The standard InChI is InChI=1S/C19H16BrF6N3/c20-14-2-3-16-11(7-14)1-4-17(16)27-5-6-28-29-15-9-12(18(21,22)23)8-13(10-15)19(24,25)26/h2-3,7-10,17,27H,1,4-6H2/b29-28+. The SMILES string of the molecule is FC(F)(F)c1cc(/N=N/CCNC2CCc3cc(Br)ccc32)cc(C(F)(F)F)c1. The fourth-order valence-electron chi connectivity index (χ4n) is 3.21. The molecular formula is C19H16BrF6N3. The third-order valence-corrected chi connectivity index (χ3v) is 5.04. The fraction of sp³-hybridized carbons (Fsp3) is 0.368. The summed E-state index contributed by atoms with van der Waals surface area (Å²) in [6.45, 7) is 0.523. The first kappa shape index (κ1) is 21.8. The Bertz CT molecular complexity index is 876. The monoisotopic (exact) mass is 479 g/mol. The molecule has 0 bridgehead atoms. The van der Waals surface area contributed by atoms with Crippen LogP contribution in [-0.4, -0.2) is 13.1 Å². The Morgan fingerprint density at radius 3 is 2.24 bits per heavy atom. The summed E-state index contributed by atoms with van der Waals surface area (Å²) in [5.41, 5.74) is -0.885. The normalized spacial score (nSPS) is 17.1. The molecule has 0 spiro atoms. The molecular weight excluding hydrogens is 464 g/mol. The Labute approximate surface area is 171 Å². The predicted octanol–water partition coefficient (Wildman–Crippen LogP) is 6.85. The molecule has 1 unspecified atom stereocenters. The zero-order valence-electron chi connectivity index (χ0n) is 14.9. The molecule has 156 valence electrons. The molecule has 0 aliphatic heterocycles. The zero-order valence-corrected chi connectivity index (χ0v) is 16.5. The van der Waals surface area contributed by atoms with Gasteiger partial charge < -0.3 is 5.32 Å². The van der Waals surface area contributed by atoms with Crippen LogP contribution in [0.15, 0.2) is 51.1 Å². The Hall–Kier alpha value is -1.94. The van der Waals surface area contributed by atoms with Crippen LogP contribution in [-0.2, 0) is 18.8 Å². The molecule has 0 saturated heterocycles. The van der Waals surface area contributed by atoms with Crippen LogP contribution in [0.1, 0.15) is 34.7 Å². The van der Waals surface area contributed by atoms with Gasteiger partial charge in [-0.1, -0.05) is 22.0 Å². The summed E-state index contributed by atoms with van der Waals surface area (Å²) < 4.78 is 78.1. The maximum Gasteiger partial charge on any atom is 0.416 e. The van der Waals surface area contributed by atoms with Gasteiger partial charge in [0.1, 0.15) is 0 Å². The number of hydrogen-bond acceptors (Lipinski definition) is 3. The number of fused-ring (bicyclic) bond motifs is 1. The van der Waals surface area contributed by atoms with E-state index >= 15 is 0 Å². The summed E-state index contributed by atoms with van der Waals surface area (Å²) in [5, 5.41) is 10.6. The third kappa shape index (κ3) is 5.57. The van der Waals surface area contributed by atoms with E-state index in [1.165, 1.54) is 11.1 Å². The second-order valence-corrected chi connectivity index (χ2v) is 7.53. The fourth-order valence-corrected chi connectivity index (χ4v) is 3.62. The zero-order chi connectivity index (χ0) is 21.2. The highest BCUT2D eigenvalue weighted by atomic mass is 79.9. The minimum atomic E-state index is -4.90. The molecule has 2 aromatic rings. The minimum absolute atomic E-state index is 0.0659. The molecule has 3 nitrogen and oxygen atoms in total. The Morgan fingerprint density at radius 1 is 0.966 bits per heavy atom. The third-order valence-electron chi connectivity index (χ3n) is 4.54. The first-order chi connectivity index (χ1) is 13.5. The van der Waals surface area contributed by atoms with Crippen molar-refractivity contribution >= 4 is 21.6 Å². The van der Waals surface area contributed by atoms with E-state index in [1.54, 1.807) is 0 Å². The molecule has 0 fully saturated rings. The maximum atomic E-state index is 12.8. The molecule has 1 atom stereocenters. The van der Waals surface area contributed by atoms with Crippen molar-refractivity contribution in [1.29, 1.82) is 0 Å². The molecule has 0 amide bonds. The van der Waals surface area contributed by atoms with E-state index in [-0.39, 0.29) is 18.7 Å². The lowest BCUT2D eigenvalue weighted by Gasteiger charge is -2.13. The molecule has 29 heavy (non-hydrogen) atoms. The lowest BCUT2D eigenvalue weighted by atomic mass is 10.1. The van der Waals surface area contributed by atoms with Crippen molar-refractivity contribution in [2.24, 2.45) is 10.2 Å². The van der Waals surface area contributed by atoms with Crippen LogP contribution in [0.25, 0.3) is 0 Å². The number of alkyl halides is 6. The Kier molecular flexibility index (Phi) is 6.33. The molecule has 0 aromatic heterocycles. The highest BCUT2D eigenvalue weighted by Gasteiger charge is 2.37. The number of rotatable bonds is 5. The van der Waals surface area contributed by atoms with E-state index < -0.39 is 29.2 Å². The second kappa shape index (κ2) is 8.43. The topological polar surface area (TPSA) is 36.8 Å². The number of aryl methyl sites for hydroxylation is 1. The summed E-state index contributed by atoms with van der Waals surface area (Å²) in [7, 11) is 0. The van der Waals surface area contributed by atoms with Crippen molar-refractivity contribution in [1.82, 2.24) is 5.32 Å². The lowest BCUT2D eigenvalue weighted by molar-refractivity contribution is -0.143. The number of nitrogens with zero attached hydrogens (tertiary/aromatic N) is 2. The van der Waals surface area contributed by atoms with Crippen molar-refractivity contribution in [3.05, 3.63) is 63.1 Å². The van der Waals surface area contributed by atoms with Gasteiger partial charge >= 0.3 is 12.4 Å². The number of hydrogen-bond donors (Lipinski definition) is 1. The summed E-state index contributed by atoms with van der Waals surface area (Å²) >= 11 is 3.43. The van der Waals surface area contributed by atoms with E-state index in [4.69, 9.17) is 0 Å². The van der Waals surface area contributed by atoms with Gasteiger partial charge in [-0.15, -0.1) is 0 Å². The van der Waals surface area contributed by atoms with Crippen molar-refractivity contribution in [2.75, 3.05) is 13.1 Å². The highest BCUT2D eigenvalue weighted by Crippen LogP contribution is 2.38. The Morgan fingerprint density at radius 2 is 1.62 bits per heavy atom. The minimum Gasteiger partial charge on any atom is -0.308 e. The van der Waals surface area contributed by atoms with Gasteiger partial charge in [0.2, 0.25) is 0 Å². The summed E-state index contributed by atoms with van der Waals surface area (Å²) in [6, 6.07) is 7.34. The molecule has 2 aromatic carbocycles. The highest BCUT2D eigenvalue weighted by molar-refractivity contribution is 9.10. The lowest BCUT2D eigenvalue weighted by Crippen LogP contribution is -2.22. The largest absolute Gasteiger partial charge is 0.416 e. The van der Waals surface area contributed by atoms with Gasteiger partial charge in [0, 0.05) is 17.1 Å². The average Bonchev–Trinajstić information content (AvgIpc) is 3.01. The number of azo groups is 1. The van der Waals surface area contributed by atoms with Crippen LogP contribution < -0.4 is 5.32 Å². The van der Waals surface area contributed by atoms with E-state index in [1.807, 2.05) is 12.1 Å².